The predicted molar refractivity (Wildman–Crippen MR) is 112 cm³/mol. The highest BCUT2D eigenvalue weighted by atomic mass is 14.0. The van der Waals surface area contributed by atoms with E-state index in [9.17, 15) is 0 Å². The minimum absolute atomic E-state index is 0.910. The van der Waals surface area contributed by atoms with Crippen LogP contribution in [0.3, 0.4) is 0 Å². The normalized spacial score (nSPS) is 11.4. The average molecular weight is 313 g/mol. The lowest BCUT2D eigenvalue weighted by atomic mass is 10.0. The number of hydrogen-bond acceptors (Lipinski definition) is 0. The Labute approximate surface area is 145 Å². The van der Waals surface area contributed by atoms with Crippen LogP contribution in [0.1, 0.15) is 48.0 Å². The molecule has 0 saturated carbocycles. The largest absolute Gasteiger partial charge is 0.106 e. The third-order valence-electron chi connectivity index (χ3n) is 2.95. The molecule has 23 heavy (non-hydrogen) atoms. The lowest BCUT2D eigenvalue weighted by Gasteiger charge is -2.02. The lowest BCUT2D eigenvalue weighted by Crippen LogP contribution is -1.82. The van der Waals surface area contributed by atoms with Crippen LogP contribution < -0.4 is 0 Å². The van der Waals surface area contributed by atoms with Gasteiger partial charge in [-0.3, -0.25) is 0 Å². The van der Waals surface area contributed by atoms with Crippen molar-refractivity contribution < 1.29 is 0 Å². The second-order valence-electron chi connectivity index (χ2n) is 4.63. The molecule has 0 N–H and O–H groups in total. The van der Waals surface area contributed by atoms with Gasteiger partial charge in [0, 0.05) is 0 Å². The molecule has 0 spiro atoms. The summed E-state index contributed by atoms with van der Waals surface area (Å²) in [6, 6.07) is 0. The predicted octanol–water partition coefficient (Wildman–Crippen LogP) is 7.92. The van der Waals surface area contributed by atoms with Gasteiger partial charge in [0.15, 0.2) is 0 Å². The van der Waals surface area contributed by atoms with E-state index in [1.165, 1.54) is 5.57 Å². The molecular formula is C23H36. The third-order valence-corrected chi connectivity index (χ3v) is 2.95. The minimum Gasteiger partial charge on any atom is -0.106 e. The Balaban J connectivity index is -0.000000919. The zero-order valence-electron chi connectivity index (χ0n) is 16.2. The smallest absolute Gasteiger partial charge is 0.0262 e. The van der Waals surface area contributed by atoms with E-state index < -0.39 is 0 Å². The first-order valence-corrected chi connectivity index (χ1v) is 8.14. The molecule has 0 heteroatoms. The van der Waals surface area contributed by atoms with Crippen LogP contribution in [0.25, 0.3) is 0 Å². The van der Waals surface area contributed by atoms with Crippen LogP contribution in [-0.4, -0.2) is 0 Å². The van der Waals surface area contributed by atoms with Crippen molar-refractivity contribution in [1.82, 2.24) is 0 Å². The molecule has 128 valence electrons. The molecule has 0 unspecified atom stereocenters. The van der Waals surface area contributed by atoms with Crippen LogP contribution in [0.15, 0.2) is 97.2 Å². The molecule has 0 aliphatic carbocycles. The molecule has 0 aliphatic heterocycles. The lowest BCUT2D eigenvalue weighted by molar-refractivity contribution is 1.10. The first-order chi connectivity index (χ1) is 10.9. The summed E-state index contributed by atoms with van der Waals surface area (Å²) in [7, 11) is 0. The van der Waals surface area contributed by atoms with Crippen molar-refractivity contribution in [1.29, 1.82) is 0 Å². The molecule has 0 heterocycles. The SMILES string of the molecule is C=C.C=C(/C=C\C)C(=C)/C=C\C(=C)/C(C)=C/C=C(/C)CC.CC. The zero-order valence-corrected chi connectivity index (χ0v) is 16.2. The van der Waals surface area contributed by atoms with Gasteiger partial charge in [-0.05, 0) is 49.5 Å². The summed E-state index contributed by atoms with van der Waals surface area (Å²) in [5.41, 5.74) is 5.35. The monoisotopic (exact) mass is 312 g/mol. The summed E-state index contributed by atoms with van der Waals surface area (Å²) < 4.78 is 0. The molecule has 0 saturated heterocycles. The summed E-state index contributed by atoms with van der Waals surface area (Å²) in [5, 5.41) is 0. The van der Waals surface area contributed by atoms with Crippen molar-refractivity contribution in [3.05, 3.63) is 97.2 Å². The maximum absolute atomic E-state index is 4.06. The molecule has 0 atom stereocenters. The minimum atomic E-state index is 0.910. The number of allylic oxidation sites excluding steroid dienone is 11. The average Bonchev–Trinajstić information content (AvgIpc) is 2.60. The molecule has 0 nitrogen and oxygen atoms in total. The van der Waals surface area contributed by atoms with Gasteiger partial charge in [-0.2, -0.15) is 0 Å². The number of hydrogen-bond donors (Lipinski definition) is 0. The highest BCUT2D eigenvalue weighted by molar-refractivity contribution is 5.47. The fourth-order valence-electron chi connectivity index (χ4n) is 1.24. The van der Waals surface area contributed by atoms with E-state index in [1.807, 2.05) is 45.1 Å². The molecule has 0 radical (unpaired) electrons. The molecule has 0 rings (SSSR count). The second kappa shape index (κ2) is 18.0. The van der Waals surface area contributed by atoms with E-state index in [0.29, 0.717) is 0 Å². The molecular weight excluding hydrogens is 276 g/mol. The Morgan fingerprint density at radius 1 is 0.783 bits per heavy atom. The Morgan fingerprint density at radius 2 is 1.22 bits per heavy atom. The van der Waals surface area contributed by atoms with Gasteiger partial charge in [0.25, 0.3) is 0 Å². The highest BCUT2D eigenvalue weighted by Gasteiger charge is 1.94. The van der Waals surface area contributed by atoms with Gasteiger partial charge in [0.05, 0.1) is 0 Å². The summed E-state index contributed by atoms with van der Waals surface area (Å²) in [4.78, 5) is 0. The topological polar surface area (TPSA) is 0 Å². The van der Waals surface area contributed by atoms with E-state index in [4.69, 9.17) is 0 Å². The van der Waals surface area contributed by atoms with Crippen molar-refractivity contribution in [2.24, 2.45) is 0 Å². The molecule has 0 aromatic heterocycles. The Morgan fingerprint density at radius 3 is 1.65 bits per heavy atom. The Kier molecular flexibility index (Phi) is 20.2. The van der Waals surface area contributed by atoms with Crippen molar-refractivity contribution in [3.8, 4) is 0 Å². The van der Waals surface area contributed by atoms with Gasteiger partial charge in [-0.15, -0.1) is 13.2 Å². The van der Waals surface area contributed by atoms with E-state index in [1.54, 1.807) is 0 Å². The van der Waals surface area contributed by atoms with Gasteiger partial charge in [-0.25, -0.2) is 0 Å². The first-order valence-electron chi connectivity index (χ1n) is 8.14. The van der Waals surface area contributed by atoms with Gasteiger partial charge in [0.1, 0.15) is 0 Å². The van der Waals surface area contributed by atoms with Crippen molar-refractivity contribution in [2.45, 2.75) is 48.0 Å². The fraction of sp³-hybridized carbons (Fsp3) is 0.304. The van der Waals surface area contributed by atoms with E-state index in [-0.39, 0.29) is 0 Å². The van der Waals surface area contributed by atoms with Gasteiger partial charge >= 0.3 is 0 Å². The van der Waals surface area contributed by atoms with Crippen LogP contribution in [-0.2, 0) is 0 Å². The van der Waals surface area contributed by atoms with Gasteiger partial charge < -0.3 is 0 Å². The van der Waals surface area contributed by atoms with Crippen LogP contribution in [0.5, 0.6) is 0 Å². The highest BCUT2D eigenvalue weighted by Crippen LogP contribution is 2.14. The summed E-state index contributed by atoms with van der Waals surface area (Å²) >= 11 is 0. The molecule has 0 aromatic carbocycles. The van der Waals surface area contributed by atoms with Crippen LogP contribution in [0, 0.1) is 0 Å². The van der Waals surface area contributed by atoms with Gasteiger partial charge in [-0.1, -0.05) is 82.5 Å². The fourth-order valence-corrected chi connectivity index (χ4v) is 1.24. The van der Waals surface area contributed by atoms with Crippen molar-refractivity contribution in [2.75, 3.05) is 0 Å². The molecule has 0 aromatic rings. The van der Waals surface area contributed by atoms with Crippen molar-refractivity contribution >= 4 is 0 Å². The first kappa shape index (κ1) is 25.9. The van der Waals surface area contributed by atoms with E-state index in [0.717, 1.165) is 28.7 Å². The summed E-state index contributed by atoms with van der Waals surface area (Å²) in [6.45, 7) is 30.3. The quantitative estimate of drug-likeness (QED) is 0.331. The second-order valence-corrected chi connectivity index (χ2v) is 4.63. The summed E-state index contributed by atoms with van der Waals surface area (Å²) in [6.07, 6.45) is 13.2. The maximum atomic E-state index is 4.06. The standard InChI is InChI=1S/C19H26.C2H6.C2H4/c1-8-10-16(4)18(6)13-14-19(7)17(5)12-11-15(3)9-2;2*1-2/h8,10-14H,4,6-7,9H2,1-3,5H3;1-2H3;1-2H2/b10-8-,14-13-,15-11-,17-12+;;. The van der Waals surface area contributed by atoms with Crippen molar-refractivity contribution in [3.63, 3.8) is 0 Å². The third kappa shape index (κ3) is 14.6. The Bertz CT molecular complexity index is 476. The molecule has 0 amide bonds. The van der Waals surface area contributed by atoms with Crippen LogP contribution in [0.2, 0.25) is 0 Å². The van der Waals surface area contributed by atoms with Gasteiger partial charge in [0.2, 0.25) is 0 Å². The molecule has 0 bridgehead atoms. The maximum Gasteiger partial charge on any atom is -0.0262 e. The van der Waals surface area contributed by atoms with E-state index in [2.05, 4.69) is 65.8 Å². The molecule has 0 aliphatic rings. The summed E-state index contributed by atoms with van der Waals surface area (Å²) in [5.74, 6) is 0. The zero-order chi connectivity index (χ0) is 18.8. The van der Waals surface area contributed by atoms with Crippen LogP contribution in [0.4, 0.5) is 0 Å². The number of rotatable bonds is 7. The Hall–Kier alpha value is -2.08. The molecule has 0 fully saturated rings. The van der Waals surface area contributed by atoms with Crippen LogP contribution >= 0.6 is 0 Å². The van der Waals surface area contributed by atoms with E-state index >= 15 is 0 Å².